The first-order chi connectivity index (χ1) is 9.06. The minimum atomic E-state index is -0.625. The van der Waals surface area contributed by atoms with Gasteiger partial charge in [0.15, 0.2) is 0 Å². The van der Waals surface area contributed by atoms with Gasteiger partial charge in [0, 0.05) is 18.9 Å². The summed E-state index contributed by atoms with van der Waals surface area (Å²) in [6, 6.07) is 6.53. The molecule has 5 heteroatoms. The predicted molar refractivity (Wildman–Crippen MR) is 66.7 cm³/mol. The number of fused-ring (bicyclic) bond motifs is 1. The first kappa shape index (κ1) is 13.1. The predicted octanol–water partition coefficient (Wildman–Crippen LogP) is 1.08. The molecule has 1 aliphatic rings. The molecular formula is C14H13NO4. The summed E-state index contributed by atoms with van der Waals surface area (Å²) < 4.78 is 0. The third-order valence-corrected chi connectivity index (χ3v) is 3.24. The van der Waals surface area contributed by atoms with Gasteiger partial charge in [0.05, 0.1) is 11.1 Å². The standard InChI is InChI=1S/C14H13NO4/c1-9(17)10(6-7-16)8-15-13(18)11-4-2-3-5-12(11)14(15)19/h2-5,7,10H,6,8H2,1H3. The number of carbonyl (C=O) groups is 4. The molecule has 1 aliphatic heterocycles. The van der Waals surface area contributed by atoms with Crippen LogP contribution >= 0.6 is 0 Å². The summed E-state index contributed by atoms with van der Waals surface area (Å²) in [6.07, 6.45) is 0.646. The number of benzene rings is 1. The molecule has 0 saturated carbocycles. The molecule has 1 aromatic rings. The van der Waals surface area contributed by atoms with Gasteiger partial charge >= 0.3 is 0 Å². The molecule has 0 fully saturated rings. The minimum Gasteiger partial charge on any atom is -0.303 e. The molecule has 2 amide bonds. The van der Waals surface area contributed by atoms with Crippen molar-refractivity contribution in [1.29, 1.82) is 0 Å². The van der Waals surface area contributed by atoms with Gasteiger partial charge in [-0.1, -0.05) is 12.1 Å². The molecule has 0 saturated heterocycles. The molecule has 0 aromatic heterocycles. The van der Waals surface area contributed by atoms with E-state index in [1.165, 1.54) is 6.92 Å². The maximum absolute atomic E-state index is 12.1. The van der Waals surface area contributed by atoms with Crippen LogP contribution in [-0.4, -0.2) is 35.3 Å². The van der Waals surface area contributed by atoms with Crippen LogP contribution in [0.25, 0.3) is 0 Å². The van der Waals surface area contributed by atoms with E-state index in [1.807, 2.05) is 0 Å². The highest BCUT2D eigenvalue weighted by molar-refractivity contribution is 6.21. The molecule has 0 N–H and O–H groups in total. The highest BCUT2D eigenvalue weighted by atomic mass is 16.2. The highest BCUT2D eigenvalue weighted by Gasteiger charge is 2.36. The number of imide groups is 1. The molecule has 1 aromatic carbocycles. The summed E-state index contributed by atoms with van der Waals surface area (Å²) in [6.45, 7) is 1.31. The maximum atomic E-state index is 12.1. The van der Waals surface area contributed by atoms with Crippen LogP contribution in [0.4, 0.5) is 0 Å². The topological polar surface area (TPSA) is 71.5 Å². The normalized spacial score (nSPS) is 15.3. The van der Waals surface area contributed by atoms with Crippen LogP contribution in [0.1, 0.15) is 34.1 Å². The summed E-state index contributed by atoms with van der Waals surface area (Å²) in [5, 5.41) is 0. The molecule has 0 aliphatic carbocycles. The minimum absolute atomic E-state index is 0.0166. The van der Waals surface area contributed by atoms with Crippen LogP contribution in [0.5, 0.6) is 0 Å². The van der Waals surface area contributed by atoms with Crippen molar-refractivity contribution in [2.45, 2.75) is 13.3 Å². The molecule has 5 nitrogen and oxygen atoms in total. The van der Waals surface area contributed by atoms with Crippen LogP contribution in [0.3, 0.4) is 0 Å². The lowest BCUT2D eigenvalue weighted by molar-refractivity contribution is -0.123. The van der Waals surface area contributed by atoms with Gasteiger partial charge in [-0.15, -0.1) is 0 Å². The average molecular weight is 259 g/mol. The second kappa shape index (κ2) is 5.14. The lowest BCUT2D eigenvalue weighted by Crippen LogP contribution is -2.36. The number of amides is 2. The van der Waals surface area contributed by atoms with E-state index in [4.69, 9.17) is 0 Å². The van der Waals surface area contributed by atoms with Crippen LogP contribution in [-0.2, 0) is 9.59 Å². The van der Waals surface area contributed by atoms with Gasteiger partial charge in [-0.25, -0.2) is 0 Å². The van der Waals surface area contributed by atoms with Crippen molar-refractivity contribution in [3.8, 4) is 0 Å². The van der Waals surface area contributed by atoms with Gasteiger partial charge in [-0.3, -0.25) is 19.3 Å². The molecule has 0 spiro atoms. The molecule has 2 rings (SSSR count). The van der Waals surface area contributed by atoms with Crippen molar-refractivity contribution >= 4 is 23.9 Å². The molecule has 1 unspecified atom stereocenters. The fraction of sp³-hybridized carbons (Fsp3) is 0.286. The number of hydrogen-bond acceptors (Lipinski definition) is 4. The van der Waals surface area contributed by atoms with Crippen LogP contribution in [0.15, 0.2) is 24.3 Å². The van der Waals surface area contributed by atoms with E-state index >= 15 is 0 Å². The number of hydrogen-bond donors (Lipinski definition) is 0. The Kier molecular flexibility index (Phi) is 3.55. The van der Waals surface area contributed by atoms with Gasteiger partial charge < -0.3 is 4.79 Å². The Morgan fingerprint density at radius 3 is 2.16 bits per heavy atom. The first-order valence-corrected chi connectivity index (χ1v) is 5.95. The van der Waals surface area contributed by atoms with Crippen molar-refractivity contribution in [3.63, 3.8) is 0 Å². The zero-order valence-corrected chi connectivity index (χ0v) is 10.5. The Balaban J connectivity index is 2.24. The van der Waals surface area contributed by atoms with Crippen LogP contribution < -0.4 is 0 Å². The Morgan fingerprint density at radius 2 is 1.74 bits per heavy atom. The molecule has 98 valence electrons. The second-order valence-corrected chi connectivity index (χ2v) is 4.48. The van der Waals surface area contributed by atoms with Gasteiger partial charge in [-0.05, 0) is 19.1 Å². The van der Waals surface area contributed by atoms with Crippen LogP contribution in [0, 0.1) is 5.92 Å². The Labute approximate surface area is 110 Å². The number of Topliss-reactive ketones (excluding diaryl/α,β-unsaturated/α-hetero) is 1. The number of aldehydes is 1. The fourth-order valence-corrected chi connectivity index (χ4v) is 2.11. The molecule has 0 radical (unpaired) electrons. The number of rotatable bonds is 5. The lowest BCUT2D eigenvalue weighted by Gasteiger charge is -2.18. The summed E-state index contributed by atoms with van der Waals surface area (Å²) >= 11 is 0. The van der Waals surface area contributed by atoms with Crippen molar-refractivity contribution in [1.82, 2.24) is 4.90 Å². The molecule has 1 atom stereocenters. The zero-order valence-electron chi connectivity index (χ0n) is 10.5. The Morgan fingerprint density at radius 1 is 1.21 bits per heavy atom. The van der Waals surface area contributed by atoms with Gasteiger partial charge in [0.25, 0.3) is 11.8 Å². The van der Waals surface area contributed by atoms with E-state index in [-0.39, 0.29) is 18.7 Å². The fourth-order valence-electron chi connectivity index (χ4n) is 2.11. The van der Waals surface area contributed by atoms with E-state index in [0.717, 1.165) is 4.90 Å². The van der Waals surface area contributed by atoms with E-state index in [1.54, 1.807) is 24.3 Å². The van der Waals surface area contributed by atoms with Crippen molar-refractivity contribution in [2.75, 3.05) is 6.54 Å². The van der Waals surface area contributed by atoms with E-state index in [0.29, 0.717) is 17.4 Å². The summed E-state index contributed by atoms with van der Waals surface area (Å²) in [5.74, 6) is -1.64. The monoisotopic (exact) mass is 259 g/mol. The third-order valence-electron chi connectivity index (χ3n) is 3.24. The summed E-state index contributed by atoms with van der Waals surface area (Å²) in [5.41, 5.74) is 0.696. The number of carbonyl (C=O) groups excluding carboxylic acids is 4. The largest absolute Gasteiger partial charge is 0.303 e. The maximum Gasteiger partial charge on any atom is 0.261 e. The lowest BCUT2D eigenvalue weighted by atomic mass is 10.0. The quantitative estimate of drug-likeness (QED) is 0.586. The van der Waals surface area contributed by atoms with Crippen LogP contribution in [0.2, 0.25) is 0 Å². The van der Waals surface area contributed by atoms with Gasteiger partial charge in [0.2, 0.25) is 0 Å². The second-order valence-electron chi connectivity index (χ2n) is 4.48. The van der Waals surface area contributed by atoms with Crippen molar-refractivity contribution < 1.29 is 19.2 Å². The third kappa shape index (κ3) is 2.31. The Hall–Kier alpha value is -2.30. The van der Waals surface area contributed by atoms with E-state index < -0.39 is 17.7 Å². The van der Waals surface area contributed by atoms with E-state index in [2.05, 4.69) is 0 Å². The zero-order chi connectivity index (χ0) is 14.0. The molecule has 19 heavy (non-hydrogen) atoms. The van der Waals surface area contributed by atoms with Crippen molar-refractivity contribution in [3.05, 3.63) is 35.4 Å². The smallest absolute Gasteiger partial charge is 0.261 e. The SMILES string of the molecule is CC(=O)C(CC=O)CN1C(=O)c2ccccc2C1=O. The first-order valence-electron chi connectivity index (χ1n) is 5.95. The summed E-state index contributed by atoms with van der Waals surface area (Å²) in [7, 11) is 0. The number of ketones is 1. The van der Waals surface area contributed by atoms with Gasteiger partial charge in [0.1, 0.15) is 12.1 Å². The molecular weight excluding hydrogens is 246 g/mol. The number of nitrogens with zero attached hydrogens (tertiary/aromatic N) is 1. The molecule has 1 heterocycles. The Bertz CT molecular complexity index is 529. The highest BCUT2D eigenvalue weighted by Crippen LogP contribution is 2.23. The average Bonchev–Trinajstić information content (AvgIpc) is 2.63. The van der Waals surface area contributed by atoms with Crippen molar-refractivity contribution in [2.24, 2.45) is 5.92 Å². The summed E-state index contributed by atoms with van der Waals surface area (Å²) in [4.78, 5) is 47.1. The molecule has 0 bridgehead atoms. The van der Waals surface area contributed by atoms with Gasteiger partial charge in [-0.2, -0.15) is 0 Å². The van der Waals surface area contributed by atoms with E-state index in [9.17, 15) is 19.2 Å².